The summed E-state index contributed by atoms with van der Waals surface area (Å²) >= 11 is 0. The first-order chi connectivity index (χ1) is 4.62. The molecule has 0 spiro atoms. The highest BCUT2D eigenvalue weighted by molar-refractivity contribution is 4.66. The van der Waals surface area contributed by atoms with Crippen molar-refractivity contribution < 1.29 is 4.74 Å². The smallest absolute Gasteiger partial charge is 0.0622 e. The van der Waals surface area contributed by atoms with E-state index >= 15 is 0 Å². The fraction of sp³-hybridized carbons (Fsp3) is 1.00. The van der Waals surface area contributed by atoms with Crippen LogP contribution in [0.2, 0.25) is 0 Å². The van der Waals surface area contributed by atoms with Crippen molar-refractivity contribution in [1.29, 1.82) is 0 Å². The Morgan fingerprint density at radius 3 is 2.20 bits per heavy atom. The predicted molar refractivity (Wildman–Crippen MR) is 45.2 cm³/mol. The van der Waals surface area contributed by atoms with Gasteiger partial charge in [0.25, 0.3) is 0 Å². The molecule has 0 aliphatic carbocycles. The second kappa shape index (κ2) is 4.73. The first kappa shape index (κ1) is 9.96. The summed E-state index contributed by atoms with van der Waals surface area (Å²) in [5.74, 6) is 0. The summed E-state index contributed by atoms with van der Waals surface area (Å²) in [7, 11) is 1.78. The molecule has 0 fully saturated rings. The van der Waals surface area contributed by atoms with Crippen LogP contribution in [-0.4, -0.2) is 12.7 Å². The summed E-state index contributed by atoms with van der Waals surface area (Å²) in [6.45, 7) is 6.51. The van der Waals surface area contributed by atoms with E-state index in [2.05, 4.69) is 20.8 Å². The molecule has 0 bridgehead atoms. The van der Waals surface area contributed by atoms with Crippen LogP contribution in [-0.2, 0) is 4.74 Å². The average Bonchev–Trinajstić information content (AvgIpc) is 1.89. The number of unbranched alkanes of at least 4 members (excludes halogenated alkanes) is 2. The van der Waals surface area contributed by atoms with Gasteiger partial charge >= 0.3 is 0 Å². The van der Waals surface area contributed by atoms with Crippen molar-refractivity contribution in [3.8, 4) is 0 Å². The summed E-state index contributed by atoms with van der Waals surface area (Å²) in [5.41, 5.74) is 0.0924. The minimum absolute atomic E-state index is 0.0924. The molecule has 62 valence electrons. The van der Waals surface area contributed by atoms with E-state index in [1.807, 2.05) is 0 Å². The van der Waals surface area contributed by atoms with E-state index in [1.165, 1.54) is 25.7 Å². The highest BCUT2D eigenvalue weighted by Gasteiger charge is 2.14. The molecule has 0 radical (unpaired) electrons. The highest BCUT2D eigenvalue weighted by Crippen LogP contribution is 2.16. The third kappa shape index (κ3) is 4.80. The van der Waals surface area contributed by atoms with Crippen molar-refractivity contribution in [3.05, 3.63) is 0 Å². The SMILES string of the molecule is CCCCCC(C)(C)OC. The maximum Gasteiger partial charge on any atom is 0.0622 e. The van der Waals surface area contributed by atoms with Gasteiger partial charge in [-0.25, -0.2) is 0 Å². The monoisotopic (exact) mass is 144 g/mol. The fourth-order valence-electron chi connectivity index (χ4n) is 0.903. The zero-order chi connectivity index (χ0) is 8.04. The summed E-state index contributed by atoms with van der Waals surface area (Å²) in [6.07, 6.45) is 5.08. The van der Waals surface area contributed by atoms with Gasteiger partial charge in [-0.2, -0.15) is 0 Å². The molecule has 0 aliphatic heterocycles. The van der Waals surface area contributed by atoms with Crippen LogP contribution in [0.4, 0.5) is 0 Å². The molecule has 0 unspecified atom stereocenters. The molecule has 0 amide bonds. The molecule has 0 heterocycles. The van der Waals surface area contributed by atoms with E-state index < -0.39 is 0 Å². The molecule has 0 N–H and O–H groups in total. The number of methoxy groups -OCH3 is 1. The van der Waals surface area contributed by atoms with Gasteiger partial charge < -0.3 is 4.74 Å². The Morgan fingerprint density at radius 2 is 1.80 bits per heavy atom. The summed E-state index contributed by atoms with van der Waals surface area (Å²) in [5, 5.41) is 0. The lowest BCUT2D eigenvalue weighted by Gasteiger charge is -2.22. The summed E-state index contributed by atoms with van der Waals surface area (Å²) < 4.78 is 5.28. The molecule has 0 saturated carbocycles. The maximum absolute atomic E-state index is 5.28. The van der Waals surface area contributed by atoms with Crippen LogP contribution in [0.1, 0.15) is 46.5 Å². The molecular weight excluding hydrogens is 124 g/mol. The standard InChI is InChI=1S/C9H20O/c1-5-6-7-8-9(2,3)10-4/h5-8H2,1-4H3. The third-order valence-corrected chi connectivity index (χ3v) is 1.93. The molecule has 1 heteroatoms. The van der Waals surface area contributed by atoms with E-state index in [1.54, 1.807) is 7.11 Å². The van der Waals surface area contributed by atoms with Crippen LogP contribution < -0.4 is 0 Å². The van der Waals surface area contributed by atoms with Crippen molar-refractivity contribution >= 4 is 0 Å². The van der Waals surface area contributed by atoms with Gasteiger partial charge in [-0.3, -0.25) is 0 Å². The van der Waals surface area contributed by atoms with E-state index in [9.17, 15) is 0 Å². The Hall–Kier alpha value is -0.0400. The highest BCUT2D eigenvalue weighted by atomic mass is 16.5. The first-order valence-electron chi connectivity index (χ1n) is 4.17. The normalized spacial score (nSPS) is 12.0. The molecular formula is C9H20O. The fourth-order valence-corrected chi connectivity index (χ4v) is 0.903. The molecule has 0 saturated heterocycles. The Labute approximate surface area is 64.8 Å². The molecule has 0 atom stereocenters. The van der Waals surface area contributed by atoms with Crippen molar-refractivity contribution in [2.75, 3.05) is 7.11 Å². The van der Waals surface area contributed by atoms with Crippen molar-refractivity contribution in [2.45, 2.75) is 52.1 Å². The Balaban J connectivity index is 3.28. The van der Waals surface area contributed by atoms with E-state index in [4.69, 9.17) is 4.74 Å². The minimum Gasteiger partial charge on any atom is -0.379 e. The van der Waals surface area contributed by atoms with E-state index in [-0.39, 0.29) is 5.60 Å². The van der Waals surface area contributed by atoms with Gasteiger partial charge in [0, 0.05) is 7.11 Å². The molecule has 0 aromatic carbocycles. The van der Waals surface area contributed by atoms with Crippen molar-refractivity contribution in [2.24, 2.45) is 0 Å². The van der Waals surface area contributed by atoms with Gasteiger partial charge in [0.2, 0.25) is 0 Å². The summed E-state index contributed by atoms with van der Waals surface area (Å²) in [6, 6.07) is 0. The van der Waals surface area contributed by atoms with Gasteiger partial charge in [0.15, 0.2) is 0 Å². The molecule has 0 aromatic heterocycles. The maximum atomic E-state index is 5.28. The van der Waals surface area contributed by atoms with Crippen LogP contribution in [0.25, 0.3) is 0 Å². The van der Waals surface area contributed by atoms with E-state index in [0.29, 0.717) is 0 Å². The lowest BCUT2D eigenvalue weighted by atomic mass is 10.0. The Morgan fingerprint density at radius 1 is 1.20 bits per heavy atom. The quantitative estimate of drug-likeness (QED) is 0.539. The lowest BCUT2D eigenvalue weighted by Crippen LogP contribution is -2.21. The van der Waals surface area contributed by atoms with Crippen LogP contribution in [0.3, 0.4) is 0 Å². The lowest BCUT2D eigenvalue weighted by molar-refractivity contribution is 0.0135. The third-order valence-electron chi connectivity index (χ3n) is 1.93. The van der Waals surface area contributed by atoms with Crippen LogP contribution in [0, 0.1) is 0 Å². The number of ether oxygens (including phenoxy) is 1. The summed E-state index contributed by atoms with van der Waals surface area (Å²) in [4.78, 5) is 0. The second-order valence-corrected chi connectivity index (χ2v) is 3.42. The van der Waals surface area contributed by atoms with Gasteiger partial charge in [0.05, 0.1) is 5.60 Å². The molecule has 1 nitrogen and oxygen atoms in total. The van der Waals surface area contributed by atoms with Gasteiger partial charge in [-0.05, 0) is 20.3 Å². The van der Waals surface area contributed by atoms with E-state index in [0.717, 1.165) is 0 Å². The Bertz CT molecular complexity index is 76.8. The molecule has 0 aliphatic rings. The zero-order valence-corrected chi connectivity index (χ0v) is 7.74. The first-order valence-corrected chi connectivity index (χ1v) is 4.17. The van der Waals surface area contributed by atoms with Gasteiger partial charge in [0.1, 0.15) is 0 Å². The Kier molecular flexibility index (Phi) is 4.71. The topological polar surface area (TPSA) is 9.23 Å². The number of hydrogen-bond acceptors (Lipinski definition) is 1. The molecule has 0 rings (SSSR count). The van der Waals surface area contributed by atoms with Gasteiger partial charge in [-0.15, -0.1) is 0 Å². The zero-order valence-electron chi connectivity index (χ0n) is 7.74. The number of rotatable bonds is 5. The average molecular weight is 144 g/mol. The largest absolute Gasteiger partial charge is 0.379 e. The second-order valence-electron chi connectivity index (χ2n) is 3.42. The van der Waals surface area contributed by atoms with Crippen molar-refractivity contribution in [1.82, 2.24) is 0 Å². The number of hydrogen-bond donors (Lipinski definition) is 0. The van der Waals surface area contributed by atoms with Crippen LogP contribution in [0.15, 0.2) is 0 Å². The predicted octanol–water partition coefficient (Wildman–Crippen LogP) is 2.99. The van der Waals surface area contributed by atoms with Crippen molar-refractivity contribution in [3.63, 3.8) is 0 Å². The molecule has 0 aromatic rings. The van der Waals surface area contributed by atoms with Crippen LogP contribution >= 0.6 is 0 Å². The minimum atomic E-state index is 0.0924. The molecule has 10 heavy (non-hydrogen) atoms. The van der Waals surface area contributed by atoms with Gasteiger partial charge in [-0.1, -0.05) is 26.2 Å². The van der Waals surface area contributed by atoms with Crippen LogP contribution in [0.5, 0.6) is 0 Å².